The maximum Gasteiger partial charge on any atom is 0.255 e. The minimum Gasteiger partial charge on any atom is -0.322 e. The molecular weight excluding hydrogens is 348 g/mol. The van der Waals surface area contributed by atoms with E-state index in [9.17, 15) is 9.59 Å². The van der Waals surface area contributed by atoms with Gasteiger partial charge in [0.05, 0.1) is 0 Å². The van der Waals surface area contributed by atoms with E-state index in [2.05, 4.69) is 10.6 Å². The monoisotopic (exact) mass is 364 g/mol. The topological polar surface area (TPSA) is 58.2 Å². The molecule has 0 aliphatic carbocycles. The highest BCUT2D eigenvalue weighted by Gasteiger charge is 2.10. The summed E-state index contributed by atoms with van der Waals surface area (Å²) in [5.41, 5.74) is 3.09. The molecule has 2 N–H and O–H groups in total. The number of carbonyl (C=O) groups excluding carboxylic acids is 2. The molecule has 0 unspecified atom stereocenters. The van der Waals surface area contributed by atoms with Gasteiger partial charge in [-0.05, 0) is 55.0 Å². The molecule has 0 saturated heterocycles. The second kappa shape index (κ2) is 7.85. The minimum atomic E-state index is -0.277. The number of nitrogens with one attached hydrogen (secondary N) is 2. The van der Waals surface area contributed by atoms with Gasteiger partial charge in [0.1, 0.15) is 0 Å². The predicted octanol–water partition coefficient (Wildman–Crippen LogP) is 5.15. The molecule has 0 saturated carbocycles. The fourth-order valence-corrected chi connectivity index (χ4v) is 2.59. The standard InChI is InChI=1S/C21H17ClN2O2/c1-14-10-11-18(13-19(14)22)24-21(26)16-8-5-9-17(12-16)23-20(25)15-6-3-2-4-7-15/h2-13H,1H3,(H,23,25)(H,24,26). The van der Waals surface area contributed by atoms with Gasteiger partial charge in [-0.3, -0.25) is 9.59 Å². The fraction of sp³-hybridized carbons (Fsp3) is 0.0476. The quantitative estimate of drug-likeness (QED) is 0.672. The smallest absolute Gasteiger partial charge is 0.255 e. The van der Waals surface area contributed by atoms with Crippen LogP contribution in [0, 0.1) is 6.92 Å². The van der Waals surface area contributed by atoms with Crippen LogP contribution < -0.4 is 10.6 Å². The summed E-state index contributed by atoms with van der Waals surface area (Å²) in [5, 5.41) is 6.19. The summed E-state index contributed by atoms with van der Waals surface area (Å²) in [6.45, 7) is 1.90. The molecule has 0 bridgehead atoms. The Morgan fingerprint density at radius 2 is 1.35 bits per heavy atom. The third kappa shape index (κ3) is 4.29. The molecule has 26 heavy (non-hydrogen) atoms. The van der Waals surface area contributed by atoms with E-state index in [4.69, 9.17) is 11.6 Å². The lowest BCUT2D eigenvalue weighted by Crippen LogP contribution is -2.14. The molecule has 0 aromatic heterocycles. The molecule has 0 aliphatic heterocycles. The lowest BCUT2D eigenvalue weighted by molar-refractivity contribution is 0.101. The van der Waals surface area contributed by atoms with Crippen LogP contribution in [0.5, 0.6) is 0 Å². The summed E-state index contributed by atoms with van der Waals surface area (Å²) < 4.78 is 0. The molecule has 2 amide bonds. The highest BCUT2D eigenvalue weighted by Crippen LogP contribution is 2.21. The van der Waals surface area contributed by atoms with Gasteiger partial charge in [-0.15, -0.1) is 0 Å². The number of anilines is 2. The first-order chi connectivity index (χ1) is 12.5. The summed E-state index contributed by atoms with van der Waals surface area (Å²) in [6.07, 6.45) is 0. The molecule has 5 heteroatoms. The molecule has 0 atom stereocenters. The zero-order valence-corrected chi connectivity index (χ0v) is 14.9. The number of rotatable bonds is 4. The molecule has 3 aromatic carbocycles. The van der Waals surface area contributed by atoms with E-state index >= 15 is 0 Å². The van der Waals surface area contributed by atoms with Crippen molar-refractivity contribution in [1.82, 2.24) is 0 Å². The molecule has 0 fully saturated rings. The van der Waals surface area contributed by atoms with Gasteiger partial charge in [-0.25, -0.2) is 0 Å². The highest BCUT2D eigenvalue weighted by molar-refractivity contribution is 6.31. The van der Waals surface area contributed by atoms with E-state index in [0.717, 1.165) is 5.56 Å². The van der Waals surface area contributed by atoms with Crippen molar-refractivity contribution in [3.63, 3.8) is 0 Å². The number of hydrogen-bond donors (Lipinski definition) is 2. The SMILES string of the molecule is Cc1ccc(NC(=O)c2cccc(NC(=O)c3ccccc3)c2)cc1Cl. The molecule has 0 heterocycles. The Morgan fingerprint density at radius 3 is 2.04 bits per heavy atom. The van der Waals surface area contributed by atoms with E-state index in [0.29, 0.717) is 27.5 Å². The number of hydrogen-bond acceptors (Lipinski definition) is 2. The summed E-state index contributed by atoms with van der Waals surface area (Å²) in [5.74, 6) is -0.505. The van der Waals surface area contributed by atoms with Gasteiger partial charge < -0.3 is 10.6 Å². The van der Waals surface area contributed by atoms with Gasteiger partial charge in [0, 0.05) is 27.5 Å². The Kier molecular flexibility index (Phi) is 5.34. The Hall–Kier alpha value is -3.11. The van der Waals surface area contributed by atoms with Crippen LogP contribution in [0.25, 0.3) is 0 Å². The zero-order chi connectivity index (χ0) is 18.5. The van der Waals surface area contributed by atoms with Gasteiger partial charge in [0.25, 0.3) is 11.8 Å². The van der Waals surface area contributed by atoms with Crippen molar-refractivity contribution in [3.05, 3.63) is 94.5 Å². The Labute approximate surface area is 156 Å². The van der Waals surface area contributed by atoms with E-state index in [-0.39, 0.29) is 11.8 Å². The van der Waals surface area contributed by atoms with Crippen molar-refractivity contribution in [2.24, 2.45) is 0 Å². The van der Waals surface area contributed by atoms with Crippen molar-refractivity contribution in [2.75, 3.05) is 10.6 Å². The van der Waals surface area contributed by atoms with Crippen LogP contribution in [-0.4, -0.2) is 11.8 Å². The first kappa shape index (κ1) is 17.7. The van der Waals surface area contributed by atoms with Crippen molar-refractivity contribution < 1.29 is 9.59 Å². The van der Waals surface area contributed by atoms with Crippen molar-refractivity contribution in [3.8, 4) is 0 Å². The number of aryl methyl sites for hydroxylation is 1. The van der Waals surface area contributed by atoms with Crippen molar-refractivity contribution in [2.45, 2.75) is 6.92 Å². The lowest BCUT2D eigenvalue weighted by atomic mass is 10.1. The molecular formula is C21H17ClN2O2. The second-order valence-corrected chi connectivity index (χ2v) is 6.23. The molecule has 0 aliphatic rings. The van der Waals surface area contributed by atoms with Crippen molar-refractivity contribution in [1.29, 1.82) is 0 Å². The van der Waals surface area contributed by atoms with Crippen LogP contribution in [0.2, 0.25) is 5.02 Å². The van der Waals surface area contributed by atoms with Crippen LogP contribution in [0.4, 0.5) is 11.4 Å². The van der Waals surface area contributed by atoms with Crippen LogP contribution in [0.15, 0.2) is 72.8 Å². The first-order valence-corrected chi connectivity index (χ1v) is 8.45. The number of halogens is 1. The van der Waals surface area contributed by atoms with E-state index in [1.54, 1.807) is 60.7 Å². The maximum absolute atomic E-state index is 12.5. The number of amides is 2. The Bertz CT molecular complexity index is 955. The lowest BCUT2D eigenvalue weighted by Gasteiger charge is -2.09. The third-order valence-electron chi connectivity index (χ3n) is 3.85. The molecule has 0 radical (unpaired) electrons. The van der Waals surface area contributed by atoms with Gasteiger partial charge in [-0.1, -0.05) is 41.9 Å². The molecule has 130 valence electrons. The minimum absolute atomic E-state index is 0.228. The summed E-state index contributed by atoms with van der Waals surface area (Å²) >= 11 is 6.09. The Morgan fingerprint density at radius 1 is 0.731 bits per heavy atom. The number of carbonyl (C=O) groups is 2. The molecule has 0 spiro atoms. The van der Waals surface area contributed by atoms with Crippen LogP contribution >= 0.6 is 11.6 Å². The first-order valence-electron chi connectivity index (χ1n) is 8.07. The highest BCUT2D eigenvalue weighted by atomic mass is 35.5. The largest absolute Gasteiger partial charge is 0.322 e. The van der Waals surface area contributed by atoms with E-state index in [1.165, 1.54) is 0 Å². The van der Waals surface area contributed by atoms with Gasteiger partial charge in [0.15, 0.2) is 0 Å². The van der Waals surface area contributed by atoms with Crippen LogP contribution in [0.3, 0.4) is 0 Å². The number of benzene rings is 3. The third-order valence-corrected chi connectivity index (χ3v) is 4.26. The zero-order valence-electron chi connectivity index (χ0n) is 14.1. The van der Waals surface area contributed by atoms with Crippen molar-refractivity contribution >= 4 is 34.8 Å². The van der Waals surface area contributed by atoms with E-state index < -0.39 is 0 Å². The fourth-order valence-electron chi connectivity index (χ4n) is 2.40. The predicted molar refractivity (Wildman–Crippen MR) is 105 cm³/mol. The average Bonchev–Trinajstić information content (AvgIpc) is 2.65. The molecule has 4 nitrogen and oxygen atoms in total. The summed E-state index contributed by atoms with van der Waals surface area (Å²) in [4.78, 5) is 24.7. The van der Waals surface area contributed by atoms with Gasteiger partial charge in [-0.2, -0.15) is 0 Å². The van der Waals surface area contributed by atoms with Gasteiger partial charge >= 0.3 is 0 Å². The normalized spacial score (nSPS) is 10.2. The summed E-state index contributed by atoms with van der Waals surface area (Å²) in [7, 11) is 0. The Balaban J connectivity index is 1.73. The second-order valence-electron chi connectivity index (χ2n) is 5.82. The molecule has 3 aromatic rings. The van der Waals surface area contributed by atoms with Crippen LogP contribution in [-0.2, 0) is 0 Å². The summed E-state index contributed by atoms with van der Waals surface area (Å²) in [6, 6.07) is 21.0. The molecule has 3 rings (SSSR count). The van der Waals surface area contributed by atoms with Gasteiger partial charge in [0.2, 0.25) is 0 Å². The van der Waals surface area contributed by atoms with Crippen LogP contribution in [0.1, 0.15) is 26.3 Å². The van der Waals surface area contributed by atoms with E-state index in [1.807, 2.05) is 19.1 Å². The average molecular weight is 365 g/mol. The maximum atomic E-state index is 12.5.